The zero-order valence-corrected chi connectivity index (χ0v) is 8.86. The minimum absolute atomic E-state index is 0.763. The number of fused-ring (bicyclic) bond motifs is 1. The summed E-state index contributed by atoms with van der Waals surface area (Å²) in [7, 11) is 3.87. The van der Waals surface area contributed by atoms with E-state index in [0.29, 0.717) is 0 Å². The summed E-state index contributed by atoms with van der Waals surface area (Å²) in [5, 5.41) is 0. The van der Waals surface area contributed by atoms with Crippen LogP contribution < -0.4 is 0 Å². The van der Waals surface area contributed by atoms with Gasteiger partial charge >= 0.3 is 0 Å². The van der Waals surface area contributed by atoms with Crippen LogP contribution in [0, 0.1) is 0 Å². The third-order valence-corrected chi connectivity index (χ3v) is 2.72. The van der Waals surface area contributed by atoms with Gasteiger partial charge in [-0.1, -0.05) is 0 Å². The van der Waals surface area contributed by atoms with Crippen LogP contribution in [0.1, 0.15) is 11.4 Å². The Bertz CT molecular complexity index is 308. The molecule has 4 heteroatoms. The summed E-state index contributed by atoms with van der Waals surface area (Å²) in [6.07, 6.45) is 3.04. The normalized spacial score (nSPS) is 17.0. The number of imidazole rings is 1. The lowest BCUT2D eigenvalue weighted by Gasteiger charge is -2.22. The van der Waals surface area contributed by atoms with Crippen molar-refractivity contribution in [2.75, 3.05) is 27.3 Å². The predicted octanol–water partition coefficient (Wildman–Crippen LogP) is 0.517. The SMILES string of the molecule is COCCn1cnc2c1CCN(C)C2. The van der Waals surface area contributed by atoms with Crippen molar-refractivity contribution in [3.05, 3.63) is 17.7 Å². The van der Waals surface area contributed by atoms with Gasteiger partial charge in [-0.2, -0.15) is 0 Å². The van der Waals surface area contributed by atoms with Crippen molar-refractivity contribution in [1.82, 2.24) is 14.5 Å². The molecule has 2 rings (SSSR count). The molecule has 1 aromatic rings. The summed E-state index contributed by atoms with van der Waals surface area (Å²) in [4.78, 5) is 6.73. The molecule has 2 heterocycles. The van der Waals surface area contributed by atoms with Crippen LogP contribution in [0.5, 0.6) is 0 Å². The number of methoxy groups -OCH3 is 1. The highest BCUT2D eigenvalue weighted by molar-refractivity contribution is 5.16. The Morgan fingerprint density at radius 2 is 2.43 bits per heavy atom. The predicted molar refractivity (Wildman–Crippen MR) is 54.1 cm³/mol. The number of ether oxygens (including phenoxy) is 1. The van der Waals surface area contributed by atoms with E-state index in [0.717, 1.165) is 32.7 Å². The van der Waals surface area contributed by atoms with Gasteiger partial charge < -0.3 is 14.2 Å². The molecule has 4 nitrogen and oxygen atoms in total. The molecule has 0 bridgehead atoms. The van der Waals surface area contributed by atoms with E-state index >= 15 is 0 Å². The Balaban J connectivity index is 2.12. The molecule has 0 aromatic carbocycles. The first kappa shape index (κ1) is 9.68. The van der Waals surface area contributed by atoms with Gasteiger partial charge in [0.25, 0.3) is 0 Å². The highest BCUT2D eigenvalue weighted by Gasteiger charge is 2.17. The average molecular weight is 195 g/mol. The molecule has 1 aromatic heterocycles. The lowest BCUT2D eigenvalue weighted by atomic mass is 10.1. The monoisotopic (exact) mass is 195 g/mol. The van der Waals surface area contributed by atoms with E-state index in [1.54, 1.807) is 7.11 Å². The Labute approximate surface area is 84.5 Å². The van der Waals surface area contributed by atoms with Crippen LogP contribution in [-0.2, 0) is 24.2 Å². The molecule has 1 aliphatic heterocycles. The van der Waals surface area contributed by atoms with Gasteiger partial charge in [0.05, 0.1) is 18.6 Å². The molecule has 1 aliphatic rings. The summed E-state index contributed by atoms with van der Waals surface area (Å²) in [6.45, 7) is 3.79. The molecule has 0 aliphatic carbocycles. The largest absolute Gasteiger partial charge is 0.383 e. The quantitative estimate of drug-likeness (QED) is 0.704. The van der Waals surface area contributed by atoms with Crippen molar-refractivity contribution in [3.63, 3.8) is 0 Å². The second-order valence-corrected chi connectivity index (χ2v) is 3.81. The summed E-state index contributed by atoms with van der Waals surface area (Å²) in [5.74, 6) is 0. The summed E-state index contributed by atoms with van der Waals surface area (Å²) >= 11 is 0. The van der Waals surface area contributed by atoms with Crippen LogP contribution in [0.15, 0.2) is 6.33 Å². The van der Waals surface area contributed by atoms with Crippen molar-refractivity contribution in [2.45, 2.75) is 19.5 Å². The van der Waals surface area contributed by atoms with Crippen molar-refractivity contribution >= 4 is 0 Å². The minimum atomic E-state index is 0.763. The molecule has 0 N–H and O–H groups in total. The summed E-state index contributed by atoms with van der Waals surface area (Å²) in [5.41, 5.74) is 2.62. The Kier molecular flexibility index (Phi) is 2.84. The second-order valence-electron chi connectivity index (χ2n) is 3.81. The van der Waals surface area contributed by atoms with Crippen LogP contribution >= 0.6 is 0 Å². The van der Waals surface area contributed by atoms with Gasteiger partial charge in [-0.15, -0.1) is 0 Å². The smallest absolute Gasteiger partial charge is 0.0953 e. The second kappa shape index (κ2) is 4.11. The molecule has 0 radical (unpaired) electrons. The number of hydrogen-bond donors (Lipinski definition) is 0. The molecule has 14 heavy (non-hydrogen) atoms. The van der Waals surface area contributed by atoms with Crippen LogP contribution in [0.2, 0.25) is 0 Å². The highest BCUT2D eigenvalue weighted by atomic mass is 16.5. The average Bonchev–Trinajstić information content (AvgIpc) is 2.57. The van der Waals surface area contributed by atoms with E-state index in [4.69, 9.17) is 4.74 Å². The highest BCUT2D eigenvalue weighted by Crippen LogP contribution is 2.16. The molecule has 0 spiro atoms. The van der Waals surface area contributed by atoms with Gasteiger partial charge in [0.1, 0.15) is 0 Å². The van der Waals surface area contributed by atoms with E-state index in [-0.39, 0.29) is 0 Å². The number of hydrogen-bond acceptors (Lipinski definition) is 3. The topological polar surface area (TPSA) is 30.3 Å². The summed E-state index contributed by atoms with van der Waals surface area (Å²) < 4.78 is 7.28. The lowest BCUT2D eigenvalue weighted by molar-refractivity contribution is 0.185. The number of rotatable bonds is 3. The molecule has 0 saturated heterocycles. The van der Waals surface area contributed by atoms with Crippen molar-refractivity contribution < 1.29 is 4.74 Å². The molecule has 0 amide bonds. The third-order valence-electron chi connectivity index (χ3n) is 2.72. The lowest BCUT2D eigenvalue weighted by Crippen LogP contribution is -2.27. The maximum Gasteiger partial charge on any atom is 0.0953 e. The molecule has 78 valence electrons. The molecular weight excluding hydrogens is 178 g/mol. The van der Waals surface area contributed by atoms with E-state index in [1.165, 1.54) is 11.4 Å². The standard InChI is InChI=1S/C10H17N3O/c1-12-4-3-10-9(7-12)11-8-13(10)5-6-14-2/h8H,3-7H2,1-2H3. The zero-order valence-electron chi connectivity index (χ0n) is 8.86. The van der Waals surface area contributed by atoms with Crippen molar-refractivity contribution in [3.8, 4) is 0 Å². The van der Waals surface area contributed by atoms with Crippen LogP contribution in [0.25, 0.3) is 0 Å². The molecule has 0 fully saturated rings. The van der Waals surface area contributed by atoms with Gasteiger partial charge in [-0.3, -0.25) is 0 Å². The Morgan fingerprint density at radius 3 is 3.21 bits per heavy atom. The molecule has 0 atom stereocenters. The molecule has 0 unspecified atom stereocenters. The van der Waals surface area contributed by atoms with Gasteiger partial charge in [-0.05, 0) is 7.05 Å². The first-order chi connectivity index (χ1) is 6.81. The van der Waals surface area contributed by atoms with E-state index in [1.807, 2.05) is 6.33 Å². The molecule has 0 saturated carbocycles. The summed E-state index contributed by atoms with van der Waals surface area (Å²) in [6, 6.07) is 0. The molecular formula is C10H17N3O. The number of nitrogens with zero attached hydrogens (tertiary/aromatic N) is 3. The Morgan fingerprint density at radius 1 is 1.57 bits per heavy atom. The fourth-order valence-corrected chi connectivity index (χ4v) is 1.88. The van der Waals surface area contributed by atoms with Gasteiger partial charge in [-0.25, -0.2) is 4.98 Å². The van der Waals surface area contributed by atoms with Gasteiger partial charge in [0, 0.05) is 38.9 Å². The minimum Gasteiger partial charge on any atom is -0.383 e. The van der Waals surface area contributed by atoms with E-state index in [9.17, 15) is 0 Å². The maximum absolute atomic E-state index is 5.07. The third kappa shape index (κ3) is 1.81. The van der Waals surface area contributed by atoms with E-state index in [2.05, 4.69) is 21.5 Å². The van der Waals surface area contributed by atoms with Crippen molar-refractivity contribution in [2.24, 2.45) is 0 Å². The van der Waals surface area contributed by atoms with Crippen LogP contribution in [0.3, 0.4) is 0 Å². The first-order valence-electron chi connectivity index (χ1n) is 5.01. The van der Waals surface area contributed by atoms with Crippen molar-refractivity contribution in [1.29, 1.82) is 0 Å². The Hall–Kier alpha value is -0.870. The first-order valence-corrected chi connectivity index (χ1v) is 5.01. The number of likely N-dealkylation sites (N-methyl/N-ethyl adjacent to an activating group) is 1. The number of aromatic nitrogens is 2. The zero-order chi connectivity index (χ0) is 9.97. The van der Waals surface area contributed by atoms with E-state index < -0.39 is 0 Å². The van der Waals surface area contributed by atoms with Gasteiger partial charge in [0.15, 0.2) is 0 Å². The fourth-order valence-electron chi connectivity index (χ4n) is 1.88. The fraction of sp³-hybridized carbons (Fsp3) is 0.700. The maximum atomic E-state index is 5.07. The van der Waals surface area contributed by atoms with Crippen LogP contribution in [-0.4, -0.2) is 41.8 Å². The van der Waals surface area contributed by atoms with Gasteiger partial charge in [0.2, 0.25) is 0 Å². The van der Waals surface area contributed by atoms with Crippen LogP contribution in [0.4, 0.5) is 0 Å².